The van der Waals surface area contributed by atoms with Crippen LogP contribution in [0.25, 0.3) is 0 Å². The second kappa shape index (κ2) is 5.75. The summed E-state index contributed by atoms with van der Waals surface area (Å²) in [5, 5.41) is 3.26. The monoisotopic (exact) mass is 279 g/mol. The van der Waals surface area contributed by atoms with Crippen LogP contribution in [0.1, 0.15) is 42.5 Å². The quantitative estimate of drug-likeness (QED) is 0.904. The van der Waals surface area contributed by atoms with Crippen LogP contribution in [-0.4, -0.2) is 6.04 Å². The van der Waals surface area contributed by atoms with Crippen LogP contribution in [0.3, 0.4) is 0 Å². The molecular weight excluding hydrogens is 260 g/mol. The summed E-state index contributed by atoms with van der Waals surface area (Å²) in [5.74, 6) is 0.279. The standard InChI is InChI=1S/C16H19F2NO/c1-9(2)19-16(15-6-5-11(4)20-15)12-7-10(3)13(17)8-14(12)18/h5-9,16,19H,1-4H3. The predicted octanol–water partition coefficient (Wildman–Crippen LogP) is 4.26. The second-order valence-electron chi connectivity index (χ2n) is 5.33. The van der Waals surface area contributed by atoms with Crippen molar-refractivity contribution in [1.29, 1.82) is 0 Å². The summed E-state index contributed by atoms with van der Waals surface area (Å²) in [6.45, 7) is 7.40. The number of hydrogen-bond donors (Lipinski definition) is 1. The highest BCUT2D eigenvalue weighted by molar-refractivity contribution is 5.33. The molecule has 1 aromatic heterocycles. The lowest BCUT2D eigenvalue weighted by Crippen LogP contribution is -2.29. The number of furan rings is 1. The second-order valence-corrected chi connectivity index (χ2v) is 5.33. The van der Waals surface area contributed by atoms with Crippen molar-refractivity contribution >= 4 is 0 Å². The van der Waals surface area contributed by atoms with Gasteiger partial charge in [0.25, 0.3) is 0 Å². The zero-order valence-corrected chi connectivity index (χ0v) is 12.1. The van der Waals surface area contributed by atoms with Crippen molar-refractivity contribution in [2.24, 2.45) is 0 Å². The molecule has 0 aliphatic heterocycles. The van der Waals surface area contributed by atoms with Crippen LogP contribution >= 0.6 is 0 Å². The minimum Gasteiger partial charge on any atom is -0.464 e. The summed E-state index contributed by atoms with van der Waals surface area (Å²) >= 11 is 0. The molecule has 1 unspecified atom stereocenters. The van der Waals surface area contributed by atoms with Crippen LogP contribution in [0.2, 0.25) is 0 Å². The van der Waals surface area contributed by atoms with Crippen molar-refractivity contribution in [3.8, 4) is 0 Å². The minimum atomic E-state index is -0.569. The van der Waals surface area contributed by atoms with E-state index in [0.29, 0.717) is 16.9 Å². The van der Waals surface area contributed by atoms with Crippen LogP contribution in [0.15, 0.2) is 28.7 Å². The lowest BCUT2D eigenvalue weighted by atomic mass is 10.0. The molecule has 2 nitrogen and oxygen atoms in total. The summed E-state index contributed by atoms with van der Waals surface area (Å²) in [6.07, 6.45) is 0. The Kier molecular flexibility index (Phi) is 4.23. The smallest absolute Gasteiger partial charge is 0.131 e. The Labute approximate surface area is 117 Å². The van der Waals surface area contributed by atoms with Gasteiger partial charge >= 0.3 is 0 Å². The summed E-state index contributed by atoms with van der Waals surface area (Å²) in [6, 6.07) is 5.81. The van der Waals surface area contributed by atoms with Gasteiger partial charge in [0, 0.05) is 17.7 Å². The van der Waals surface area contributed by atoms with Gasteiger partial charge in [-0.3, -0.25) is 0 Å². The highest BCUT2D eigenvalue weighted by atomic mass is 19.1. The molecule has 4 heteroatoms. The van der Waals surface area contributed by atoms with Crippen molar-refractivity contribution in [2.45, 2.75) is 39.8 Å². The average Bonchev–Trinajstić information content (AvgIpc) is 2.77. The molecule has 2 aromatic rings. The number of nitrogens with one attached hydrogen (secondary N) is 1. The highest BCUT2D eigenvalue weighted by Gasteiger charge is 2.22. The van der Waals surface area contributed by atoms with E-state index in [2.05, 4.69) is 5.32 Å². The number of hydrogen-bond acceptors (Lipinski definition) is 2. The van der Waals surface area contributed by atoms with Gasteiger partial charge in [0.15, 0.2) is 0 Å². The van der Waals surface area contributed by atoms with Crippen LogP contribution in [-0.2, 0) is 0 Å². The SMILES string of the molecule is Cc1ccc(C(NC(C)C)c2cc(C)c(F)cc2F)o1. The van der Waals surface area contributed by atoms with Crippen molar-refractivity contribution in [3.05, 3.63) is 58.5 Å². The van der Waals surface area contributed by atoms with E-state index < -0.39 is 17.7 Å². The maximum Gasteiger partial charge on any atom is 0.131 e. The first-order valence-electron chi connectivity index (χ1n) is 6.66. The van der Waals surface area contributed by atoms with Crippen molar-refractivity contribution < 1.29 is 13.2 Å². The van der Waals surface area contributed by atoms with E-state index in [9.17, 15) is 8.78 Å². The van der Waals surface area contributed by atoms with Gasteiger partial charge in [0.1, 0.15) is 23.2 Å². The molecule has 1 heterocycles. The van der Waals surface area contributed by atoms with Crippen molar-refractivity contribution in [1.82, 2.24) is 5.32 Å². The van der Waals surface area contributed by atoms with E-state index in [1.54, 1.807) is 6.92 Å². The predicted molar refractivity (Wildman–Crippen MR) is 74.7 cm³/mol. The van der Waals surface area contributed by atoms with Gasteiger partial charge in [0.2, 0.25) is 0 Å². The molecule has 0 saturated carbocycles. The molecule has 0 aliphatic carbocycles. The number of rotatable bonds is 4. The molecule has 1 atom stereocenters. The van der Waals surface area contributed by atoms with Gasteiger partial charge in [-0.1, -0.05) is 0 Å². The molecule has 20 heavy (non-hydrogen) atoms. The van der Waals surface area contributed by atoms with E-state index in [1.807, 2.05) is 32.9 Å². The van der Waals surface area contributed by atoms with Crippen LogP contribution in [0, 0.1) is 25.5 Å². The van der Waals surface area contributed by atoms with E-state index in [1.165, 1.54) is 6.07 Å². The van der Waals surface area contributed by atoms with Gasteiger partial charge in [-0.05, 0) is 51.5 Å². The lowest BCUT2D eigenvalue weighted by Gasteiger charge is -2.21. The largest absolute Gasteiger partial charge is 0.464 e. The fourth-order valence-electron chi connectivity index (χ4n) is 2.17. The Morgan fingerprint density at radius 1 is 1.05 bits per heavy atom. The molecule has 0 spiro atoms. The van der Waals surface area contributed by atoms with Crippen LogP contribution < -0.4 is 5.32 Å². The van der Waals surface area contributed by atoms with Crippen molar-refractivity contribution in [2.75, 3.05) is 0 Å². The topological polar surface area (TPSA) is 25.2 Å². The molecule has 0 aliphatic rings. The Balaban J connectivity index is 2.49. The first-order chi connectivity index (χ1) is 9.38. The third-order valence-electron chi connectivity index (χ3n) is 3.13. The first-order valence-corrected chi connectivity index (χ1v) is 6.66. The summed E-state index contributed by atoms with van der Waals surface area (Å²) < 4.78 is 33.1. The first kappa shape index (κ1) is 14.7. The molecule has 0 bridgehead atoms. The molecule has 1 aromatic carbocycles. The molecule has 0 amide bonds. The summed E-state index contributed by atoms with van der Waals surface area (Å²) in [4.78, 5) is 0. The van der Waals surface area contributed by atoms with Gasteiger partial charge in [-0.25, -0.2) is 8.78 Å². The maximum atomic E-state index is 14.1. The number of benzene rings is 1. The number of halogens is 2. The average molecular weight is 279 g/mol. The summed E-state index contributed by atoms with van der Waals surface area (Å²) in [5.41, 5.74) is 0.812. The molecule has 0 saturated heterocycles. The fraction of sp³-hybridized carbons (Fsp3) is 0.375. The fourth-order valence-corrected chi connectivity index (χ4v) is 2.17. The maximum absolute atomic E-state index is 14.1. The zero-order chi connectivity index (χ0) is 14.9. The zero-order valence-electron chi connectivity index (χ0n) is 12.1. The summed E-state index contributed by atoms with van der Waals surface area (Å²) in [7, 11) is 0. The third kappa shape index (κ3) is 3.07. The molecule has 0 fully saturated rings. The number of aryl methyl sites for hydroxylation is 2. The molecule has 0 radical (unpaired) electrons. The van der Waals surface area contributed by atoms with Gasteiger partial charge < -0.3 is 9.73 Å². The van der Waals surface area contributed by atoms with Gasteiger partial charge in [0.05, 0.1) is 6.04 Å². The van der Waals surface area contributed by atoms with E-state index in [4.69, 9.17) is 4.42 Å². The van der Waals surface area contributed by atoms with E-state index in [0.717, 1.165) is 11.8 Å². The Hall–Kier alpha value is -1.68. The third-order valence-corrected chi connectivity index (χ3v) is 3.13. The molecule has 2 rings (SSSR count). The normalized spacial score (nSPS) is 12.9. The minimum absolute atomic E-state index is 0.134. The van der Waals surface area contributed by atoms with E-state index in [-0.39, 0.29) is 6.04 Å². The van der Waals surface area contributed by atoms with Crippen molar-refractivity contribution in [3.63, 3.8) is 0 Å². The Morgan fingerprint density at radius 2 is 1.75 bits per heavy atom. The van der Waals surface area contributed by atoms with E-state index >= 15 is 0 Å². The Morgan fingerprint density at radius 3 is 2.30 bits per heavy atom. The van der Waals surface area contributed by atoms with Gasteiger partial charge in [-0.15, -0.1) is 0 Å². The molecule has 1 N–H and O–H groups in total. The molecular formula is C16H19F2NO. The van der Waals surface area contributed by atoms with Crippen LogP contribution in [0.4, 0.5) is 8.78 Å². The highest BCUT2D eigenvalue weighted by Crippen LogP contribution is 2.28. The lowest BCUT2D eigenvalue weighted by molar-refractivity contribution is 0.402. The van der Waals surface area contributed by atoms with Gasteiger partial charge in [-0.2, -0.15) is 0 Å². The van der Waals surface area contributed by atoms with Crippen LogP contribution in [0.5, 0.6) is 0 Å². The Bertz CT molecular complexity index is 605. The molecule has 108 valence electrons.